The molecular weight excluding hydrogens is 230 g/mol. The maximum absolute atomic E-state index is 11.6. The lowest BCUT2D eigenvalue weighted by molar-refractivity contribution is -0.139. The van der Waals surface area contributed by atoms with Crippen molar-refractivity contribution in [2.24, 2.45) is 0 Å². The number of carbonyl (C=O) groups is 1. The van der Waals surface area contributed by atoms with Crippen molar-refractivity contribution in [2.45, 2.75) is 11.1 Å². The van der Waals surface area contributed by atoms with Gasteiger partial charge in [-0.1, -0.05) is 0 Å². The lowest BCUT2D eigenvalue weighted by Crippen LogP contribution is -2.21. The Labute approximate surface area is 96.9 Å². The van der Waals surface area contributed by atoms with Gasteiger partial charge in [-0.05, 0) is 36.4 Å². The summed E-state index contributed by atoms with van der Waals surface area (Å²) in [4.78, 5) is 11.6. The summed E-state index contributed by atoms with van der Waals surface area (Å²) in [6.45, 7) is 2.22. The zero-order valence-corrected chi connectivity index (χ0v) is 10.2. The van der Waals surface area contributed by atoms with Gasteiger partial charge in [-0.15, -0.1) is 11.3 Å². The number of carbonyl (C=O) groups excluding carboxylic acids is 1. The first-order valence-electron chi connectivity index (χ1n) is 4.60. The van der Waals surface area contributed by atoms with Crippen LogP contribution in [0.25, 0.3) is 6.08 Å². The Morgan fingerprint density at radius 3 is 3.13 bits per heavy atom. The van der Waals surface area contributed by atoms with Gasteiger partial charge in [0.2, 0.25) is 0 Å². The topological polar surface area (TPSA) is 29.5 Å². The molecule has 0 radical (unpaired) electrons. The predicted molar refractivity (Wildman–Crippen MR) is 62.5 cm³/mol. The van der Waals surface area contributed by atoms with Crippen molar-refractivity contribution < 1.29 is 9.53 Å². The van der Waals surface area contributed by atoms with Gasteiger partial charge in [0.15, 0.2) is 0 Å². The van der Waals surface area contributed by atoms with Crippen LogP contribution in [0, 0.1) is 0 Å². The van der Waals surface area contributed by atoms with Gasteiger partial charge >= 0.3 is 5.97 Å². The number of ether oxygens (including phenoxy) is 1. The number of rotatable bonds is 2. The zero-order valence-electron chi connectivity index (χ0n) is 8.52. The van der Waals surface area contributed by atoms with Crippen LogP contribution in [0.1, 0.15) is 12.5 Å². The second kappa shape index (κ2) is 4.28. The molecule has 0 amide bonds. The summed E-state index contributed by atoms with van der Waals surface area (Å²) < 4.78 is 8.04. The van der Waals surface area contributed by atoms with Crippen molar-refractivity contribution >= 4 is 35.3 Å². The molecule has 0 fully saturated rings. The van der Waals surface area contributed by atoms with Gasteiger partial charge < -0.3 is 9.04 Å². The Kier molecular flexibility index (Phi) is 3.02. The van der Waals surface area contributed by atoms with Crippen molar-refractivity contribution in [3.8, 4) is 0 Å². The number of nitrogens with zero attached hydrogens (tertiary/aromatic N) is 1. The van der Waals surface area contributed by atoms with Crippen molar-refractivity contribution in [1.29, 1.82) is 0 Å². The molecule has 0 unspecified atom stereocenters. The molecule has 0 bridgehead atoms. The van der Waals surface area contributed by atoms with Crippen LogP contribution in [0.5, 0.6) is 0 Å². The molecule has 3 nitrogen and oxygen atoms in total. The van der Waals surface area contributed by atoms with Crippen LogP contribution in [-0.4, -0.2) is 23.9 Å². The van der Waals surface area contributed by atoms with Crippen LogP contribution in [0.3, 0.4) is 0 Å². The van der Waals surface area contributed by atoms with Crippen molar-refractivity contribution in [3.05, 3.63) is 22.7 Å². The minimum Gasteiger partial charge on any atom is -0.461 e. The predicted octanol–water partition coefficient (Wildman–Crippen LogP) is 2.60. The largest absolute Gasteiger partial charge is 0.461 e. The van der Waals surface area contributed by atoms with E-state index in [1.165, 1.54) is 4.21 Å². The fourth-order valence-corrected chi connectivity index (χ4v) is 3.27. The highest BCUT2D eigenvalue weighted by Crippen LogP contribution is 2.38. The molecule has 0 aromatic carbocycles. The molecule has 0 saturated heterocycles. The molecule has 1 aromatic heterocycles. The van der Waals surface area contributed by atoms with Gasteiger partial charge in [0.1, 0.15) is 5.70 Å². The third-order valence-electron chi connectivity index (χ3n) is 1.99. The van der Waals surface area contributed by atoms with Gasteiger partial charge in [0, 0.05) is 12.6 Å². The Morgan fingerprint density at radius 1 is 1.60 bits per heavy atom. The van der Waals surface area contributed by atoms with E-state index in [4.69, 9.17) is 4.74 Å². The van der Waals surface area contributed by atoms with Gasteiger partial charge in [0.05, 0.1) is 10.8 Å². The number of fused-ring (bicyclic) bond motifs is 1. The summed E-state index contributed by atoms with van der Waals surface area (Å²) >= 11 is 3.24. The number of hydrogen-bond donors (Lipinski definition) is 0. The number of esters is 1. The fraction of sp³-hybridized carbons (Fsp3) is 0.300. The molecule has 0 aliphatic carbocycles. The number of thiophene rings is 1. The van der Waals surface area contributed by atoms with E-state index in [9.17, 15) is 4.79 Å². The highest BCUT2D eigenvalue weighted by atomic mass is 32.2. The average molecular weight is 241 g/mol. The van der Waals surface area contributed by atoms with Gasteiger partial charge in [-0.3, -0.25) is 0 Å². The van der Waals surface area contributed by atoms with Crippen LogP contribution in [0.2, 0.25) is 0 Å². The molecule has 1 aliphatic rings. The Morgan fingerprint density at radius 2 is 2.40 bits per heavy atom. The van der Waals surface area contributed by atoms with Gasteiger partial charge in [-0.2, -0.15) is 0 Å². The molecule has 1 aromatic rings. The standard InChI is InChI=1S/C10H11NO2S2/c1-3-13-9(12)8-6-7-4-5-14-10(7)15-11(8)2/h4-6H,3H2,1-2H3. The van der Waals surface area contributed by atoms with Crippen molar-refractivity contribution in [3.63, 3.8) is 0 Å². The van der Waals surface area contributed by atoms with Crippen LogP contribution < -0.4 is 0 Å². The highest BCUT2D eigenvalue weighted by Gasteiger charge is 2.23. The van der Waals surface area contributed by atoms with E-state index in [2.05, 4.69) is 0 Å². The minimum atomic E-state index is -0.260. The smallest absolute Gasteiger partial charge is 0.355 e. The van der Waals surface area contributed by atoms with E-state index < -0.39 is 0 Å². The molecule has 1 aliphatic heterocycles. The second-order valence-corrected chi connectivity index (χ2v) is 5.32. The molecule has 2 heterocycles. The maximum atomic E-state index is 11.6. The van der Waals surface area contributed by atoms with Crippen LogP contribution >= 0.6 is 23.3 Å². The first-order chi connectivity index (χ1) is 7.22. The molecule has 2 rings (SSSR count). The summed E-state index contributed by atoms with van der Waals surface area (Å²) in [5.74, 6) is -0.260. The molecule has 0 saturated carbocycles. The molecule has 80 valence electrons. The van der Waals surface area contributed by atoms with Gasteiger partial charge in [0.25, 0.3) is 0 Å². The highest BCUT2D eigenvalue weighted by molar-refractivity contribution is 7.99. The lowest BCUT2D eigenvalue weighted by Gasteiger charge is -2.23. The fourth-order valence-electron chi connectivity index (χ4n) is 1.29. The monoisotopic (exact) mass is 241 g/mol. The molecule has 0 atom stereocenters. The summed E-state index contributed by atoms with van der Waals surface area (Å²) in [6, 6.07) is 2.01. The maximum Gasteiger partial charge on any atom is 0.355 e. The van der Waals surface area contributed by atoms with E-state index in [-0.39, 0.29) is 5.97 Å². The van der Waals surface area contributed by atoms with Gasteiger partial charge in [-0.25, -0.2) is 4.79 Å². The zero-order chi connectivity index (χ0) is 10.8. The molecule has 15 heavy (non-hydrogen) atoms. The van der Waals surface area contributed by atoms with Crippen LogP contribution in [0.15, 0.2) is 21.4 Å². The summed E-state index contributed by atoms with van der Waals surface area (Å²) in [5.41, 5.74) is 1.71. The third-order valence-corrected chi connectivity index (χ3v) is 4.10. The average Bonchev–Trinajstić information content (AvgIpc) is 2.63. The van der Waals surface area contributed by atoms with E-state index >= 15 is 0 Å². The third kappa shape index (κ3) is 2.03. The first kappa shape index (κ1) is 10.6. The van der Waals surface area contributed by atoms with Crippen LogP contribution in [-0.2, 0) is 9.53 Å². The SMILES string of the molecule is CCOC(=O)C1=Cc2ccsc2SN1C. The summed E-state index contributed by atoms with van der Waals surface area (Å²) in [7, 11) is 1.87. The van der Waals surface area contributed by atoms with Crippen molar-refractivity contribution in [2.75, 3.05) is 13.7 Å². The number of likely N-dealkylation sites (N-methyl/N-ethyl adjacent to an activating group) is 1. The van der Waals surface area contributed by atoms with Crippen LogP contribution in [0.4, 0.5) is 0 Å². The minimum absolute atomic E-state index is 0.260. The molecular formula is C10H11NO2S2. The summed E-state index contributed by atoms with van der Waals surface area (Å²) in [5, 5.41) is 2.02. The van der Waals surface area contributed by atoms with E-state index in [1.54, 1.807) is 23.3 Å². The quantitative estimate of drug-likeness (QED) is 0.588. The lowest BCUT2D eigenvalue weighted by atomic mass is 10.2. The van der Waals surface area contributed by atoms with E-state index in [1.807, 2.05) is 35.8 Å². The molecule has 0 spiro atoms. The molecule has 0 N–H and O–H groups in total. The van der Waals surface area contributed by atoms with Crippen molar-refractivity contribution in [1.82, 2.24) is 4.31 Å². The van der Waals surface area contributed by atoms with E-state index in [0.29, 0.717) is 12.3 Å². The second-order valence-electron chi connectivity index (χ2n) is 3.00. The number of hydrogen-bond acceptors (Lipinski definition) is 5. The summed E-state index contributed by atoms with van der Waals surface area (Å²) in [6.07, 6.45) is 1.88. The first-order valence-corrected chi connectivity index (χ1v) is 6.25. The molecule has 5 heteroatoms. The Balaban J connectivity index is 2.29. The Bertz CT molecular complexity index is 411. The Hall–Kier alpha value is -0.940. The normalized spacial score (nSPS) is 14.5. The van der Waals surface area contributed by atoms with E-state index in [0.717, 1.165) is 5.56 Å².